The van der Waals surface area contributed by atoms with Gasteiger partial charge >= 0.3 is 5.97 Å². The highest BCUT2D eigenvalue weighted by Gasteiger charge is 2.50. The van der Waals surface area contributed by atoms with Crippen molar-refractivity contribution in [1.29, 1.82) is 0 Å². The number of hydrogen-bond acceptors (Lipinski definition) is 7. The van der Waals surface area contributed by atoms with E-state index in [2.05, 4.69) is 0 Å². The maximum Gasteiger partial charge on any atom is 0.305 e. The largest absolute Gasteiger partial charge is 0.433 e. The van der Waals surface area contributed by atoms with Gasteiger partial charge in [0.25, 0.3) is 0 Å². The molecule has 36 heavy (non-hydrogen) atoms. The van der Waals surface area contributed by atoms with Crippen LogP contribution in [0.15, 0.2) is 91.0 Å². The van der Waals surface area contributed by atoms with Gasteiger partial charge in [0.05, 0.1) is 19.8 Å². The van der Waals surface area contributed by atoms with Crippen molar-refractivity contribution in [2.75, 3.05) is 0 Å². The molecule has 4 rings (SSSR count). The Morgan fingerprint density at radius 3 is 1.53 bits per heavy atom. The average Bonchev–Trinajstić information content (AvgIpc) is 2.91. The molecule has 0 amide bonds. The fraction of sp³-hybridized carbons (Fsp3) is 0.310. The minimum absolute atomic E-state index is 0.231. The molecule has 1 aliphatic heterocycles. The van der Waals surface area contributed by atoms with Crippen LogP contribution in [-0.4, -0.2) is 43.0 Å². The molecule has 0 spiro atoms. The quantitative estimate of drug-likeness (QED) is 0.294. The lowest BCUT2D eigenvalue weighted by Gasteiger charge is -2.43. The first-order valence-corrected chi connectivity index (χ1v) is 11.9. The fourth-order valence-electron chi connectivity index (χ4n) is 4.06. The van der Waals surface area contributed by atoms with Gasteiger partial charge in [0, 0.05) is 6.92 Å². The molecular weight excluding hydrogens is 460 g/mol. The molecule has 0 radical (unpaired) electrons. The molecule has 7 nitrogen and oxygen atoms in total. The van der Waals surface area contributed by atoms with Crippen molar-refractivity contribution in [2.24, 2.45) is 0 Å². The van der Waals surface area contributed by atoms with E-state index in [0.717, 1.165) is 16.7 Å². The van der Waals surface area contributed by atoms with Gasteiger partial charge in [-0.05, 0) is 16.7 Å². The summed E-state index contributed by atoms with van der Waals surface area (Å²) in [6.07, 6.45) is -3.90. The van der Waals surface area contributed by atoms with E-state index in [0.29, 0.717) is 6.29 Å². The summed E-state index contributed by atoms with van der Waals surface area (Å²) < 4.78 is 30.1. The summed E-state index contributed by atoms with van der Waals surface area (Å²) in [4.78, 5) is 24.0. The lowest BCUT2D eigenvalue weighted by atomic mass is 9.98. The van der Waals surface area contributed by atoms with Crippen molar-refractivity contribution in [3.05, 3.63) is 108 Å². The third-order valence-corrected chi connectivity index (χ3v) is 5.80. The van der Waals surface area contributed by atoms with Crippen molar-refractivity contribution < 1.29 is 33.3 Å². The molecule has 3 aromatic carbocycles. The molecule has 5 atom stereocenters. The van der Waals surface area contributed by atoms with E-state index in [1.165, 1.54) is 6.92 Å². The Hall–Kier alpha value is -3.36. The second-order valence-corrected chi connectivity index (χ2v) is 8.50. The zero-order valence-corrected chi connectivity index (χ0v) is 20.1. The van der Waals surface area contributed by atoms with Crippen LogP contribution in [0.25, 0.3) is 0 Å². The molecule has 1 saturated heterocycles. The zero-order valence-electron chi connectivity index (χ0n) is 20.1. The second kappa shape index (κ2) is 13.1. The first-order chi connectivity index (χ1) is 17.6. The van der Waals surface area contributed by atoms with Crippen LogP contribution in [0.2, 0.25) is 0 Å². The van der Waals surface area contributed by atoms with Crippen molar-refractivity contribution in [3.63, 3.8) is 0 Å². The van der Waals surface area contributed by atoms with E-state index in [1.54, 1.807) is 0 Å². The van der Waals surface area contributed by atoms with Gasteiger partial charge in [0.2, 0.25) is 6.29 Å². The molecule has 1 fully saturated rings. The monoisotopic (exact) mass is 490 g/mol. The van der Waals surface area contributed by atoms with E-state index in [-0.39, 0.29) is 19.8 Å². The molecule has 1 unspecified atom stereocenters. The highest BCUT2D eigenvalue weighted by Crippen LogP contribution is 2.30. The molecular formula is C29H30O7. The molecule has 0 saturated carbocycles. The molecule has 3 aromatic rings. The number of benzene rings is 3. The molecule has 188 valence electrons. The van der Waals surface area contributed by atoms with E-state index in [4.69, 9.17) is 23.7 Å². The Morgan fingerprint density at radius 2 is 1.11 bits per heavy atom. The molecule has 0 bridgehead atoms. The zero-order chi connectivity index (χ0) is 25.2. The van der Waals surface area contributed by atoms with Gasteiger partial charge in [-0.3, -0.25) is 4.79 Å². The van der Waals surface area contributed by atoms with Crippen molar-refractivity contribution in [2.45, 2.75) is 57.5 Å². The normalized spacial score (nSPS) is 23.6. The summed E-state index contributed by atoms with van der Waals surface area (Å²) in [7, 11) is 0. The Kier molecular flexibility index (Phi) is 9.35. The standard InChI is InChI=1S/C29H30O7/c1-21(31)35-29-28(34-20-24-15-9-4-10-16-24)27(33-19-23-13-7-3-8-14-23)26(25(17-30)36-29)32-18-22-11-5-2-6-12-22/h2-17,25-29H,18-20H2,1H3/t25-,26-,27+,28+,29?/m1/s1. The Morgan fingerprint density at radius 1 is 0.694 bits per heavy atom. The predicted molar refractivity (Wildman–Crippen MR) is 132 cm³/mol. The van der Waals surface area contributed by atoms with Crippen molar-refractivity contribution in [1.82, 2.24) is 0 Å². The third kappa shape index (κ3) is 7.08. The van der Waals surface area contributed by atoms with Gasteiger partial charge in [-0.1, -0.05) is 91.0 Å². The molecule has 0 aliphatic carbocycles. The summed E-state index contributed by atoms with van der Waals surface area (Å²) in [5.41, 5.74) is 2.81. The minimum atomic E-state index is -1.14. The lowest BCUT2D eigenvalue weighted by molar-refractivity contribution is -0.306. The third-order valence-electron chi connectivity index (χ3n) is 5.80. The smallest absolute Gasteiger partial charge is 0.305 e. The Balaban J connectivity index is 1.61. The number of ether oxygens (including phenoxy) is 5. The van der Waals surface area contributed by atoms with Crippen molar-refractivity contribution >= 4 is 12.3 Å². The summed E-state index contributed by atoms with van der Waals surface area (Å²) in [6.45, 7) is 2.01. The molecule has 7 heteroatoms. The van der Waals surface area contributed by atoms with Crippen LogP contribution in [0, 0.1) is 0 Å². The second-order valence-electron chi connectivity index (χ2n) is 8.50. The number of carbonyl (C=O) groups excluding carboxylic acids is 2. The van der Waals surface area contributed by atoms with Crippen LogP contribution in [0.5, 0.6) is 0 Å². The first-order valence-electron chi connectivity index (χ1n) is 11.9. The Labute approximate surface area is 210 Å². The summed E-state index contributed by atoms with van der Waals surface area (Å²) in [5, 5.41) is 0. The summed E-state index contributed by atoms with van der Waals surface area (Å²) >= 11 is 0. The fourth-order valence-corrected chi connectivity index (χ4v) is 4.06. The number of rotatable bonds is 11. The molecule has 1 heterocycles. The van der Waals surface area contributed by atoms with Gasteiger partial charge in [0.1, 0.15) is 24.4 Å². The number of hydrogen-bond donors (Lipinski definition) is 0. The van der Waals surface area contributed by atoms with Crippen LogP contribution in [0.1, 0.15) is 23.6 Å². The van der Waals surface area contributed by atoms with Gasteiger partial charge in [-0.25, -0.2) is 0 Å². The maximum atomic E-state index is 12.1. The van der Waals surface area contributed by atoms with Gasteiger partial charge in [-0.15, -0.1) is 0 Å². The minimum Gasteiger partial charge on any atom is -0.433 e. The predicted octanol–water partition coefficient (Wildman–Crippen LogP) is 4.23. The molecule has 0 N–H and O–H groups in total. The van der Waals surface area contributed by atoms with Crippen LogP contribution in [-0.2, 0) is 53.1 Å². The van der Waals surface area contributed by atoms with Crippen LogP contribution in [0.4, 0.5) is 0 Å². The van der Waals surface area contributed by atoms with E-state index in [9.17, 15) is 9.59 Å². The molecule has 0 aromatic heterocycles. The lowest BCUT2D eigenvalue weighted by Crippen LogP contribution is -2.61. The number of aldehydes is 1. The SMILES string of the molecule is CC(=O)OC1O[C@H](C=O)[C@@H](OCc2ccccc2)[C@H](OCc2ccccc2)[C@@H]1OCc1ccccc1. The van der Waals surface area contributed by atoms with E-state index < -0.39 is 36.7 Å². The Bertz CT molecular complexity index is 1070. The molecule has 1 aliphatic rings. The van der Waals surface area contributed by atoms with Crippen LogP contribution < -0.4 is 0 Å². The van der Waals surface area contributed by atoms with E-state index in [1.807, 2.05) is 91.0 Å². The summed E-state index contributed by atoms with van der Waals surface area (Å²) in [5.74, 6) is -0.552. The summed E-state index contributed by atoms with van der Waals surface area (Å²) in [6, 6.07) is 28.9. The van der Waals surface area contributed by atoms with Crippen LogP contribution in [0.3, 0.4) is 0 Å². The van der Waals surface area contributed by atoms with Gasteiger partial charge in [-0.2, -0.15) is 0 Å². The van der Waals surface area contributed by atoms with Crippen LogP contribution >= 0.6 is 0 Å². The number of esters is 1. The van der Waals surface area contributed by atoms with Gasteiger partial charge < -0.3 is 28.5 Å². The highest BCUT2D eigenvalue weighted by atomic mass is 16.7. The first kappa shape index (κ1) is 25.7. The number of carbonyl (C=O) groups is 2. The average molecular weight is 491 g/mol. The maximum absolute atomic E-state index is 12.1. The van der Waals surface area contributed by atoms with E-state index >= 15 is 0 Å². The van der Waals surface area contributed by atoms with Gasteiger partial charge in [0.15, 0.2) is 6.29 Å². The van der Waals surface area contributed by atoms with Crippen molar-refractivity contribution in [3.8, 4) is 0 Å². The highest BCUT2D eigenvalue weighted by molar-refractivity contribution is 5.66. The topological polar surface area (TPSA) is 80.3 Å².